The zero-order valence-electron chi connectivity index (χ0n) is 12.9. The van der Waals surface area contributed by atoms with Crippen molar-refractivity contribution in [3.63, 3.8) is 0 Å². The van der Waals surface area contributed by atoms with Gasteiger partial charge in [-0.05, 0) is 44.2 Å². The van der Waals surface area contributed by atoms with E-state index in [1.165, 1.54) is 11.8 Å². The van der Waals surface area contributed by atoms with Gasteiger partial charge in [0.1, 0.15) is 0 Å². The minimum atomic E-state index is -0.223. The van der Waals surface area contributed by atoms with Crippen LogP contribution in [0.1, 0.15) is 26.2 Å². The summed E-state index contributed by atoms with van der Waals surface area (Å²) in [5, 5.41) is 3.89. The highest BCUT2D eigenvalue weighted by atomic mass is 32.2. The molecule has 2 aromatic rings. The van der Waals surface area contributed by atoms with Gasteiger partial charge in [-0.25, -0.2) is 10.4 Å². The van der Waals surface area contributed by atoms with Crippen LogP contribution in [0.5, 0.6) is 0 Å². The fourth-order valence-electron chi connectivity index (χ4n) is 2.36. The zero-order chi connectivity index (χ0) is 16.1. The molecule has 2 atom stereocenters. The van der Waals surface area contributed by atoms with E-state index >= 15 is 0 Å². The first-order valence-corrected chi connectivity index (χ1v) is 9.42. The van der Waals surface area contributed by atoms with E-state index in [4.69, 9.17) is 0 Å². The highest BCUT2D eigenvalue weighted by Gasteiger charge is 2.16. The molecule has 4 nitrogen and oxygen atoms in total. The summed E-state index contributed by atoms with van der Waals surface area (Å²) in [5.41, 5.74) is 3.63. The number of carbonyl (C=O) groups excluding carboxylic acids is 1. The van der Waals surface area contributed by atoms with Crippen molar-refractivity contribution in [1.29, 1.82) is 0 Å². The van der Waals surface area contributed by atoms with E-state index in [9.17, 15) is 4.79 Å². The maximum atomic E-state index is 12.1. The van der Waals surface area contributed by atoms with Gasteiger partial charge in [0.2, 0.25) is 0 Å². The van der Waals surface area contributed by atoms with Gasteiger partial charge in [-0.3, -0.25) is 4.79 Å². The third-order valence-electron chi connectivity index (χ3n) is 3.69. The van der Waals surface area contributed by atoms with Gasteiger partial charge < -0.3 is 0 Å². The Morgan fingerprint density at radius 3 is 3.13 bits per heavy atom. The van der Waals surface area contributed by atoms with Crippen LogP contribution in [-0.2, 0) is 4.79 Å². The summed E-state index contributed by atoms with van der Waals surface area (Å²) >= 11 is 3.09. The van der Waals surface area contributed by atoms with Crippen molar-refractivity contribution in [3.05, 3.63) is 36.4 Å². The second-order valence-electron chi connectivity index (χ2n) is 5.51. The summed E-state index contributed by atoms with van der Waals surface area (Å²) in [5.74, 6) is 0.351. The standard InChI is InChI=1S/C17H19N3OS2/c1-12(16(21)20-18-11-13-7-3-2-4-8-13)22-17-19-14-9-5-6-10-15(14)23-17/h2-3,5-6,9-13H,4,7-8H2,1H3,(H,20,21). The minimum Gasteiger partial charge on any atom is -0.272 e. The molecule has 1 aromatic carbocycles. The molecule has 23 heavy (non-hydrogen) atoms. The second kappa shape index (κ2) is 7.75. The predicted octanol–water partition coefficient (Wildman–Crippen LogP) is 4.24. The minimum absolute atomic E-state index is 0.0862. The van der Waals surface area contributed by atoms with Gasteiger partial charge in [-0.15, -0.1) is 11.3 Å². The number of hydrazone groups is 1. The second-order valence-corrected chi connectivity index (χ2v) is 8.12. The van der Waals surface area contributed by atoms with E-state index in [1.54, 1.807) is 11.3 Å². The number of rotatable bonds is 5. The molecule has 0 spiro atoms. The topological polar surface area (TPSA) is 54.4 Å². The van der Waals surface area contributed by atoms with E-state index in [2.05, 4.69) is 27.7 Å². The van der Waals surface area contributed by atoms with Gasteiger partial charge in [0.15, 0.2) is 4.34 Å². The first kappa shape index (κ1) is 16.2. The number of hydrogen-bond donors (Lipinski definition) is 1. The summed E-state index contributed by atoms with van der Waals surface area (Å²) in [6.45, 7) is 1.88. The SMILES string of the molecule is CC(Sc1nc2ccccc2s1)C(=O)NN=CC1CC=CCC1. The monoisotopic (exact) mass is 345 g/mol. The van der Waals surface area contributed by atoms with Crippen LogP contribution >= 0.6 is 23.1 Å². The van der Waals surface area contributed by atoms with Crippen molar-refractivity contribution in [1.82, 2.24) is 10.4 Å². The molecule has 0 bridgehead atoms. The molecule has 120 valence electrons. The number of thioether (sulfide) groups is 1. The first-order chi connectivity index (χ1) is 11.2. The lowest BCUT2D eigenvalue weighted by Gasteiger charge is -2.12. The number of benzene rings is 1. The third-order valence-corrected chi connectivity index (χ3v) is 5.92. The number of aromatic nitrogens is 1. The maximum Gasteiger partial charge on any atom is 0.253 e. The fourth-order valence-corrected chi connectivity index (χ4v) is 4.56. The van der Waals surface area contributed by atoms with E-state index in [0.717, 1.165) is 33.8 Å². The Bertz CT molecular complexity index is 705. The molecule has 1 N–H and O–H groups in total. The highest BCUT2D eigenvalue weighted by Crippen LogP contribution is 2.31. The summed E-state index contributed by atoms with van der Waals surface area (Å²) < 4.78 is 2.06. The molecular weight excluding hydrogens is 326 g/mol. The number of carbonyl (C=O) groups is 1. The van der Waals surface area contributed by atoms with Crippen LogP contribution in [0.15, 0.2) is 45.9 Å². The molecule has 3 rings (SSSR count). The van der Waals surface area contributed by atoms with E-state index in [-0.39, 0.29) is 11.2 Å². The van der Waals surface area contributed by atoms with Gasteiger partial charge in [-0.1, -0.05) is 36.0 Å². The van der Waals surface area contributed by atoms with Gasteiger partial charge in [0.25, 0.3) is 5.91 Å². The zero-order valence-corrected chi connectivity index (χ0v) is 14.6. The van der Waals surface area contributed by atoms with E-state index < -0.39 is 0 Å². The molecule has 1 aromatic heterocycles. The number of amides is 1. The predicted molar refractivity (Wildman–Crippen MR) is 98.1 cm³/mol. The van der Waals surface area contributed by atoms with Crippen molar-refractivity contribution in [3.8, 4) is 0 Å². The van der Waals surface area contributed by atoms with E-state index in [1.807, 2.05) is 37.4 Å². The lowest BCUT2D eigenvalue weighted by atomic mass is 9.96. The fraction of sp³-hybridized carbons (Fsp3) is 0.353. The van der Waals surface area contributed by atoms with Crippen molar-refractivity contribution >= 4 is 45.4 Å². The smallest absolute Gasteiger partial charge is 0.253 e. The average Bonchev–Trinajstić information content (AvgIpc) is 2.98. The largest absolute Gasteiger partial charge is 0.272 e. The molecule has 0 fully saturated rings. The molecule has 1 heterocycles. The maximum absolute atomic E-state index is 12.1. The molecule has 2 unspecified atom stereocenters. The summed E-state index contributed by atoms with van der Waals surface area (Å²) in [6.07, 6.45) is 9.43. The molecular formula is C17H19N3OS2. The number of nitrogens with zero attached hydrogens (tertiary/aromatic N) is 2. The molecule has 0 radical (unpaired) electrons. The quantitative estimate of drug-likeness (QED) is 0.382. The third kappa shape index (κ3) is 4.42. The number of thiazole rings is 1. The van der Waals surface area contributed by atoms with Crippen LogP contribution in [0, 0.1) is 5.92 Å². The Morgan fingerprint density at radius 1 is 1.48 bits per heavy atom. The molecule has 1 aliphatic carbocycles. The van der Waals surface area contributed by atoms with Crippen molar-refractivity contribution < 1.29 is 4.79 Å². The lowest BCUT2D eigenvalue weighted by Crippen LogP contribution is -2.27. The molecule has 1 amide bonds. The Hall–Kier alpha value is -1.66. The Morgan fingerprint density at radius 2 is 2.35 bits per heavy atom. The number of nitrogens with one attached hydrogen (secondary N) is 1. The Balaban J connectivity index is 1.52. The normalized spacial score (nSPS) is 19.3. The molecule has 6 heteroatoms. The van der Waals surface area contributed by atoms with Crippen LogP contribution in [0.3, 0.4) is 0 Å². The number of allylic oxidation sites excluding steroid dienone is 2. The number of hydrogen-bond acceptors (Lipinski definition) is 5. The molecule has 1 aliphatic rings. The molecule has 0 saturated carbocycles. The summed E-state index contributed by atoms with van der Waals surface area (Å²) in [4.78, 5) is 16.7. The lowest BCUT2D eigenvalue weighted by molar-refractivity contribution is -0.120. The van der Waals surface area contributed by atoms with Crippen LogP contribution in [0.25, 0.3) is 10.2 Å². The van der Waals surface area contributed by atoms with Crippen molar-refractivity contribution in [2.45, 2.75) is 35.8 Å². The van der Waals surface area contributed by atoms with Crippen LogP contribution in [0.4, 0.5) is 0 Å². The number of fused-ring (bicyclic) bond motifs is 1. The highest BCUT2D eigenvalue weighted by molar-refractivity contribution is 8.02. The van der Waals surface area contributed by atoms with Gasteiger partial charge in [0.05, 0.1) is 15.5 Å². The molecule has 0 aliphatic heterocycles. The van der Waals surface area contributed by atoms with Crippen LogP contribution in [-0.4, -0.2) is 22.4 Å². The van der Waals surface area contributed by atoms with E-state index in [0.29, 0.717) is 5.92 Å². The van der Waals surface area contributed by atoms with Gasteiger partial charge in [0, 0.05) is 6.21 Å². The number of para-hydroxylation sites is 1. The van der Waals surface area contributed by atoms with Gasteiger partial charge in [-0.2, -0.15) is 5.10 Å². The van der Waals surface area contributed by atoms with Crippen LogP contribution in [0.2, 0.25) is 0 Å². The van der Waals surface area contributed by atoms with Crippen molar-refractivity contribution in [2.24, 2.45) is 11.0 Å². The van der Waals surface area contributed by atoms with Crippen LogP contribution < -0.4 is 5.43 Å². The van der Waals surface area contributed by atoms with Gasteiger partial charge >= 0.3 is 0 Å². The first-order valence-electron chi connectivity index (χ1n) is 7.72. The summed E-state index contributed by atoms with van der Waals surface area (Å²) in [7, 11) is 0. The Kier molecular flexibility index (Phi) is 5.46. The average molecular weight is 345 g/mol. The summed E-state index contributed by atoms with van der Waals surface area (Å²) in [6, 6.07) is 8.01. The Labute approximate surface area is 144 Å². The van der Waals surface area contributed by atoms with Crippen molar-refractivity contribution in [2.75, 3.05) is 0 Å². The molecule has 0 saturated heterocycles.